The monoisotopic (exact) mass is 319 g/mol. The number of rotatable bonds is 6. The van der Waals surface area contributed by atoms with E-state index in [0.717, 1.165) is 16.2 Å². The molecule has 116 valence electrons. The number of benzene rings is 2. The third-order valence-electron chi connectivity index (χ3n) is 3.12. The number of hydrogen-bond acceptors (Lipinski definition) is 3. The van der Waals surface area contributed by atoms with E-state index in [1.165, 1.54) is 23.9 Å². The van der Waals surface area contributed by atoms with Crippen molar-refractivity contribution in [3.63, 3.8) is 0 Å². The van der Waals surface area contributed by atoms with Crippen molar-refractivity contribution in [1.82, 2.24) is 5.32 Å². The van der Waals surface area contributed by atoms with Gasteiger partial charge in [0, 0.05) is 11.4 Å². The molecule has 5 heteroatoms. The average Bonchev–Trinajstić information content (AvgIpc) is 2.55. The maximum Gasteiger partial charge on any atom is 0.233 e. The largest absolute Gasteiger partial charge is 0.497 e. The van der Waals surface area contributed by atoms with Gasteiger partial charge in [-0.2, -0.15) is 0 Å². The van der Waals surface area contributed by atoms with Crippen molar-refractivity contribution >= 4 is 17.7 Å². The van der Waals surface area contributed by atoms with Crippen LogP contribution in [0.1, 0.15) is 12.5 Å². The molecular weight excluding hydrogens is 301 g/mol. The number of methoxy groups -OCH3 is 1. The number of carbonyl (C=O) groups excluding carboxylic acids is 1. The standard InChI is InChI=1S/C17H18FNO2S/c1-12(22-16-9-5-14(18)6-10-16)17(20)19-11-13-3-7-15(21-2)8-4-13/h3-10,12H,11H2,1-2H3,(H,19,20)/t12-/m0/s1. The lowest BCUT2D eigenvalue weighted by Crippen LogP contribution is -2.30. The molecule has 0 radical (unpaired) electrons. The zero-order valence-electron chi connectivity index (χ0n) is 12.5. The Morgan fingerprint density at radius 1 is 1.18 bits per heavy atom. The van der Waals surface area contributed by atoms with Gasteiger partial charge in [-0.05, 0) is 48.9 Å². The van der Waals surface area contributed by atoms with Gasteiger partial charge in [-0.1, -0.05) is 12.1 Å². The van der Waals surface area contributed by atoms with Gasteiger partial charge in [-0.15, -0.1) is 11.8 Å². The molecule has 0 bridgehead atoms. The zero-order valence-corrected chi connectivity index (χ0v) is 13.3. The Morgan fingerprint density at radius 2 is 1.82 bits per heavy atom. The number of carbonyl (C=O) groups is 1. The molecule has 2 aromatic carbocycles. The molecule has 1 atom stereocenters. The van der Waals surface area contributed by atoms with Crippen LogP contribution >= 0.6 is 11.8 Å². The van der Waals surface area contributed by atoms with Crippen LogP contribution in [0, 0.1) is 5.82 Å². The minimum Gasteiger partial charge on any atom is -0.497 e. The Morgan fingerprint density at radius 3 is 2.41 bits per heavy atom. The highest BCUT2D eigenvalue weighted by molar-refractivity contribution is 8.00. The van der Waals surface area contributed by atoms with Gasteiger partial charge in [0.1, 0.15) is 11.6 Å². The lowest BCUT2D eigenvalue weighted by molar-refractivity contribution is -0.120. The minimum atomic E-state index is -0.277. The summed E-state index contributed by atoms with van der Waals surface area (Å²) in [5, 5.41) is 2.65. The summed E-state index contributed by atoms with van der Waals surface area (Å²) in [6.07, 6.45) is 0. The molecule has 2 rings (SSSR count). The quantitative estimate of drug-likeness (QED) is 0.826. The first-order valence-electron chi connectivity index (χ1n) is 6.91. The van der Waals surface area contributed by atoms with Crippen molar-refractivity contribution in [2.75, 3.05) is 7.11 Å². The molecule has 0 saturated heterocycles. The van der Waals surface area contributed by atoms with Crippen LogP contribution in [-0.4, -0.2) is 18.3 Å². The van der Waals surface area contributed by atoms with Crippen LogP contribution in [0.2, 0.25) is 0 Å². The normalized spacial score (nSPS) is 11.8. The Kier molecular flexibility index (Phi) is 5.83. The highest BCUT2D eigenvalue weighted by Crippen LogP contribution is 2.23. The van der Waals surface area contributed by atoms with Crippen molar-refractivity contribution in [3.05, 3.63) is 59.9 Å². The van der Waals surface area contributed by atoms with Gasteiger partial charge in [-0.25, -0.2) is 4.39 Å². The van der Waals surface area contributed by atoms with Gasteiger partial charge >= 0.3 is 0 Å². The summed E-state index contributed by atoms with van der Waals surface area (Å²) in [6, 6.07) is 13.7. The van der Waals surface area contributed by atoms with E-state index in [2.05, 4.69) is 5.32 Å². The SMILES string of the molecule is COc1ccc(CNC(=O)[C@H](C)Sc2ccc(F)cc2)cc1. The van der Waals surface area contributed by atoms with Crippen molar-refractivity contribution in [3.8, 4) is 5.75 Å². The molecule has 0 aliphatic carbocycles. The minimum absolute atomic E-state index is 0.0508. The summed E-state index contributed by atoms with van der Waals surface area (Å²) in [7, 11) is 1.62. The smallest absolute Gasteiger partial charge is 0.233 e. The molecule has 0 fully saturated rings. The first-order chi connectivity index (χ1) is 10.6. The summed E-state index contributed by atoms with van der Waals surface area (Å²) >= 11 is 1.40. The number of amides is 1. The van der Waals surface area contributed by atoms with E-state index in [1.807, 2.05) is 31.2 Å². The van der Waals surface area contributed by atoms with Crippen LogP contribution in [-0.2, 0) is 11.3 Å². The summed E-state index contributed by atoms with van der Waals surface area (Å²) in [5.41, 5.74) is 1.01. The molecule has 1 amide bonds. The van der Waals surface area contributed by atoms with E-state index in [0.29, 0.717) is 6.54 Å². The molecule has 3 nitrogen and oxygen atoms in total. The van der Waals surface area contributed by atoms with Gasteiger partial charge in [0.15, 0.2) is 0 Å². The topological polar surface area (TPSA) is 38.3 Å². The number of hydrogen-bond donors (Lipinski definition) is 1. The molecular formula is C17H18FNO2S. The van der Waals surface area contributed by atoms with Crippen molar-refractivity contribution in [2.45, 2.75) is 23.6 Å². The van der Waals surface area contributed by atoms with Gasteiger partial charge < -0.3 is 10.1 Å². The van der Waals surface area contributed by atoms with Gasteiger partial charge in [-0.3, -0.25) is 4.79 Å². The third kappa shape index (κ3) is 4.77. The first kappa shape index (κ1) is 16.4. The van der Waals surface area contributed by atoms with Crippen LogP contribution in [0.15, 0.2) is 53.4 Å². The van der Waals surface area contributed by atoms with E-state index in [4.69, 9.17) is 4.74 Å². The predicted octanol–water partition coefficient (Wildman–Crippen LogP) is 3.63. The molecule has 2 aromatic rings. The molecule has 0 heterocycles. The molecule has 0 saturated carbocycles. The fraction of sp³-hybridized carbons (Fsp3) is 0.235. The van der Waals surface area contributed by atoms with Gasteiger partial charge in [0.2, 0.25) is 5.91 Å². The second-order valence-electron chi connectivity index (χ2n) is 4.78. The summed E-state index contributed by atoms with van der Waals surface area (Å²) in [6.45, 7) is 2.30. The van der Waals surface area contributed by atoms with Crippen molar-refractivity contribution in [1.29, 1.82) is 0 Å². The molecule has 0 aromatic heterocycles. The van der Waals surface area contributed by atoms with Crippen LogP contribution in [0.3, 0.4) is 0 Å². The second kappa shape index (κ2) is 7.84. The number of nitrogens with one attached hydrogen (secondary N) is 1. The Hall–Kier alpha value is -2.01. The Labute approximate surface area is 133 Å². The maximum atomic E-state index is 12.8. The fourth-order valence-electron chi connectivity index (χ4n) is 1.85. The van der Waals surface area contributed by atoms with E-state index < -0.39 is 0 Å². The number of thioether (sulfide) groups is 1. The summed E-state index contributed by atoms with van der Waals surface area (Å²) < 4.78 is 17.9. The molecule has 0 aliphatic rings. The Balaban J connectivity index is 1.84. The van der Waals surface area contributed by atoms with Gasteiger partial charge in [0.05, 0.1) is 12.4 Å². The zero-order chi connectivity index (χ0) is 15.9. The van der Waals surface area contributed by atoms with Gasteiger partial charge in [0.25, 0.3) is 0 Å². The number of ether oxygens (including phenoxy) is 1. The average molecular weight is 319 g/mol. The highest BCUT2D eigenvalue weighted by atomic mass is 32.2. The fourth-order valence-corrected chi connectivity index (χ4v) is 2.74. The molecule has 0 aliphatic heterocycles. The summed E-state index contributed by atoms with van der Waals surface area (Å²) in [5.74, 6) is 0.460. The van der Waals surface area contributed by atoms with E-state index in [-0.39, 0.29) is 17.0 Å². The van der Waals surface area contributed by atoms with E-state index in [9.17, 15) is 9.18 Å². The van der Waals surface area contributed by atoms with Crippen LogP contribution in [0.25, 0.3) is 0 Å². The molecule has 0 unspecified atom stereocenters. The highest BCUT2D eigenvalue weighted by Gasteiger charge is 2.14. The Bertz CT molecular complexity index is 614. The molecule has 1 N–H and O–H groups in total. The molecule has 0 spiro atoms. The van der Waals surface area contributed by atoms with Crippen LogP contribution in [0.5, 0.6) is 5.75 Å². The second-order valence-corrected chi connectivity index (χ2v) is 6.19. The van der Waals surface area contributed by atoms with Crippen molar-refractivity contribution < 1.29 is 13.9 Å². The van der Waals surface area contributed by atoms with Crippen LogP contribution < -0.4 is 10.1 Å². The van der Waals surface area contributed by atoms with Crippen LogP contribution in [0.4, 0.5) is 4.39 Å². The van der Waals surface area contributed by atoms with E-state index in [1.54, 1.807) is 19.2 Å². The number of halogens is 1. The lowest BCUT2D eigenvalue weighted by atomic mass is 10.2. The third-order valence-corrected chi connectivity index (χ3v) is 4.23. The predicted molar refractivity (Wildman–Crippen MR) is 86.6 cm³/mol. The summed E-state index contributed by atoms with van der Waals surface area (Å²) in [4.78, 5) is 12.9. The molecule has 22 heavy (non-hydrogen) atoms. The van der Waals surface area contributed by atoms with Crippen molar-refractivity contribution in [2.24, 2.45) is 0 Å². The maximum absolute atomic E-state index is 12.8. The lowest BCUT2D eigenvalue weighted by Gasteiger charge is -2.12. The first-order valence-corrected chi connectivity index (χ1v) is 7.79. The van der Waals surface area contributed by atoms with E-state index >= 15 is 0 Å².